The predicted molar refractivity (Wildman–Crippen MR) is 104 cm³/mol. The molecule has 1 aromatic carbocycles. The van der Waals surface area contributed by atoms with Crippen LogP contribution >= 0.6 is 0 Å². The molecule has 0 heterocycles. The lowest BCUT2D eigenvalue weighted by Gasteiger charge is -2.18. The summed E-state index contributed by atoms with van der Waals surface area (Å²) in [5.74, 6) is 1.32. The first kappa shape index (κ1) is 20.8. The SMILES string of the molecule is CCCCCCOc1ccc(/N=C(\NC#N)NCCC(C)(C)C)cc1. The number of guanidine groups is 1. The van der Waals surface area contributed by atoms with Gasteiger partial charge in [-0.05, 0) is 42.5 Å². The first-order chi connectivity index (χ1) is 11.9. The Kier molecular flexibility index (Phi) is 9.46. The molecule has 0 fully saturated rings. The first-order valence-electron chi connectivity index (χ1n) is 9.15. The highest BCUT2D eigenvalue weighted by molar-refractivity contribution is 5.83. The van der Waals surface area contributed by atoms with Crippen molar-refractivity contribution in [1.29, 1.82) is 5.26 Å². The minimum atomic E-state index is 0.237. The second-order valence-electron chi connectivity index (χ2n) is 7.34. The van der Waals surface area contributed by atoms with E-state index in [1.54, 1.807) is 0 Å². The molecule has 0 bridgehead atoms. The van der Waals surface area contributed by atoms with Crippen molar-refractivity contribution in [3.63, 3.8) is 0 Å². The molecule has 0 radical (unpaired) electrons. The molecule has 0 spiro atoms. The monoisotopic (exact) mass is 344 g/mol. The lowest BCUT2D eigenvalue weighted by Crippen LogP contribution is -2.36. The van der Waals surface area contributed by atoms with Gasteiger partial charge in [0.2, 0.25) is 5.96 Å². The smallest absolute Gasteiger partial charge is 0.209 e. The van der Waals surface area contributed by atoms with Crippen LogP contribution in [0.3, 0.4) is 0 Å². The normalized spacial score (nSPS) is 11.7. The van der Waals surface area contributed by atoms with Crippen LogP contribution in [0.4, 0.5) is 5.69 Å². The van der Waals surface area contributed by atoms with E-state index in [9.17, 15) is 0 Å². The number of rotatable bonds is 9. The largest absolute Gasteiger partial charge is 0.494 e. The highest BCUT2D eigenvalue weighted by Crippen LogP contribution is 2.19. The Labute approximate surface area is 152 Å². The zero-order valence-corrected chi connectivity index (χ0v) is 16.1. The van der Waals surface area contributed by atoms with Gasteiger partial charge >= 0.3 is 0 Å². The average Bonchev–Trinajstić information content (AvgIpc) is 2.55. The van der Waals surface area contributed by atoms with Crippen LogP contribution in [0, 0.1) is 16.9 Å². The molecule has 25 heavy (non-hydrogen) atoms. The molecule has 1 aromatic rings. The van der Waals surface area contributed by atoms with Crippen molar-refractivity contribution in [2.75, 3.05) is 13.2 Å². The molecule has 0 aliphatic carbocycles. The molecule has 0 saturated heterocycles. The van der Waals surface area contributed by atoms with E-state index < -0.39 is 0 Å². The number of unbranched alkanes of at least 4 members (excludes halogenated alkanes) is 3. The number of nitrogens with zero attached hydrogens (tertiary/aromatic N) is 2. The van der Waals surface area contributed by atoms with Crippen LogP contribution in [0.25, 0.3) is 0 Å². The summed E-state index contributed by atoms with van der Waals surface area (Å²) in [5.41, 5.74) is 1.01. The standard InChI is InChI=1S/C20H32N4O/c1-5-6-7-8-15-25-18-11-9-17(10-12-18)24-19(23-16-21)22-14-13-20(2,3)4/h9-12H,5-8,13-15H2,1-4H3,(H2,22,23,24). The minimum absolute atomic E-state index is 0.237. The summed E-state index contributed by atoms with van der Waals surface area (Å²) < 4.78 is 5.73. The Hall–Kier alpha value is -2.22. The summed E-state index contributed by atoms with van der Waals surface area (Å²) in [6.07, 6.45) is 7.70. The zero-order valence-electron chi connectivity index (χ0n) is 16.1. The van der Waals surface area contributed by atoms with E-state index in [0.717, 1.165) is 37.4 Å². The Morgan fingerprint density at radius 2 is 1.88 bits per heavy atom. The molecule has 138 valence electrons. The second kappa shape index (κ2) is 11.4. The maximum absolute atomic E-state index is 8.87. The summed E-state index contributed by atoms with van der Waals surface area (Å²) in [7, 11) is 0. The average molecular weight is 345 g/mol. The molecule has 1 rings (SSSR count). The van der Waals surface area contributed by atoms with Crippen molar-refractivity contribution >= 4 is 11.6 Å². The Morgan fingerprint density at radius 3 is 2.48 bits per heavy atom. The molecule has 5 nitrogen and oxygen atoms in total. The second-order valence-corrected chi connectivity index (χ2v) is 7.34. The summed E-state index contributed by atoms with van der Waals surface area (Å²) in [6, 6.07) is 7.62. The molecule has 0 unspecified atom stereocenters. The van der Waals surface area contributed by atoms with Gasteiger partial charge in [-0.15, -0.1) is 0 Å². The summed E-state index contributed by atoms with van der Waals surface area (Å²) in [6.45, 7) is 10.3. The molecule has 0 aromatic heterocycles. The third-order valence-corrected chi connectivity index (χ3v) is 3.69. The van der Waals surface area contributed by atoms with Gasteiger partial charge in [-0.3, -0.25) is 5.32 Å². The lowest BCUT2D eigenvalue weighted by atomic mass is 9.92. The topological polar surface area (TPSA) is 69.4 Å². The molecule has 2 N–H and O–H groups in total. The van der Waals surface area contributed by atoms with Gasteiger partial charge in [-0.2, -0.15) is 5.26 Å². The predicted octanol–water partition coefficient (Wildman–Crippen LogP) is 4.73. The van der Waals surface area contributed by atoms with Crippen LogP contribution in [0.5, 0.6) is 5.75 Å². The highest BCUT2D eigenvalue weighted by Gasteiger charge is 2.09. The van der Waals surface area contributed by atoms with Gasteiger partial charge in [0.05, 0.1) is 12.3 Å². The van der Waals surface area contributed by atoms with E-state index in [1.807, 2.05) is 30.5 Å². The summed E-state index contributed by atoms with van der Waals surface area (Å²) in [5, 5.41) is 14.7. The Balaban J connectivity index is 2.53. The maximum Gasteiger partial charge on any atom is 0.209 e. The van der Waals surface area contributed by atoms with Crippen LogP contribution in [-0.4, -0.2) is 19.1 Å². The van der Waals surface area contributed by atoms with E-state index >= 15 is 0 Å². The number of hydrogen-bond acceptors (Lipinski definition) is 3. The van der Waals surface area contributed by atoms with Gasteiger partial charge in [0, 0.05) is 6.54 Å². The van der Waals surface area contributed by atoms with Crippen LogP contribution < -0.4 is 15.4 Å². The molecular formula is C20H32N4O. The summed E-state index contributed by atoms with van der Waals surface area (Å²) >= 11 is 0. The number of nitrogens with one attached hydrogen (secondary N) is 2. The fourth-order valence-electron chi connectivity index (χ4n) is 2.19. The Bertz CT molecular complexity index is 553. The fraction of sp³-hybridized carbons (Fsp3) is 0.600. The highest BCUT2D eigenvalue weighted by atomic mass is 16.5. The number of nitriles is 1. The fourth-order valence-corrected chi connectivity index (χ4v) is 2.19. The minimum Gasteiger partial charge on any atom is -0.494 e. The third kappa shape index (κ3) is 10.3. The van der Waals surface area contributed by atoms with Gasteiger partial charge < -0.3 is 10.1 Å². The van der Waals surface area contributed by atoms with E-state index in [2.05, 4.69) is 43.3 Å². The van der Waals surface area contributed by atoms with E-state index in [-0.39, 0.29) is 5.41 Å². The van der Waals surface area contributed by atoms with Crippen molar-refractivity contribution in [3.8, 4) is 11.9 Å². The van der Waals surface area contributed by atoms with Gasteiger partial charge in [-0.25, -0.2) is 4.99 Å². The van der Waals surface area contributed by atoms with Gasteiger partial charge in [0.25, 0.3) is 0 Å². The van der Waals surface area contributed by atoms with Crippen molar-refractivity contribution < 1.29 is 4.74 Å². The van der Waals surface area contributed by atoms with Gasteiger partial charge in [-0.1, -0.05) is 47.0 Å². The zero-order chi connectivity index (χ0) is 18.5. The van der Waals surface area contributed by atoms with Gasteiger partial charge in [0.15, 0.2) is 6.19 Å². The molecule has 0 amide bonds. The van der Waals surface area contributed by atoms with Crippen LogP contribution in [0.15, 0.2) is 29.3 Å². The number of hydrogen-bond donors (Lipinski definition) is 2. The lowest BCUT2D eigenvalue weighted by molar-refractivity contribution is 0.305. The summed E-state index contributed by atoms with van der Waals surface area (Å²) in [4.78, 5) is 4.45. The van der Waals surface area contributed by atoms with Crippen LogP contribution in [0.2, 0.25) is 0 Å². The molecule has 0 atom stereocenters. The van der Waals surface area contributed by atoms with Crippen molar-refractivity contribution in [1.82, 2.24) is 10.6 Å². The van der Waals surface area contributed by atoms with Crippen molar-refractivity contribution in [2.24, 2.45) is 10.4 Å². The number of benzene rings is 1. The van der Waals surface area contributed by atoms with E-state index in [0.29, 0.717) is 5.96 Å². The van der Waals surface area contributed by atoms with Crippen molar-refractivity contribution in [2.45, 2.75) is 59.8 Å². The number of aliphatic imine (C=N–C) groups is 1. The van der Waals surface area contributed by atoms with E-state index in [1.165, 1.54) is 19.3 Å². The van der Waals surface area contributed by atoms with Crippen LogP contribution in [-0.2, 0) is 0 Å². The number of ether oxygens (including phenoxy) is 1. The molecular weight excluding hydrogens is 312 g/mol. The molecule has 0 aliphatic heterocycles. The molecule has 0 saturated carbocycles. The molecule has 5 heteroatoms. The quantitative estimate of drug-likeness (QED) is 0.223. The Morgan fingerprint density at radius 1 is 1.16 bits per heavy atom. The van der Waals surface area contributed by atoms with Crippen LogP contribution in [0.1, 0.15) is 59.8 Å². The third-order valence-electron chi connectivity index (χ3n) is 3.69. The molecule has 0 aliphatic rings. The van der Waals surface area contributed by atoms with Gasteiger partial charge in [0.1, 0.15) is 5.75 Å². The van der Waals surface area contributed by atoms with E-state index in [4.69, 9.17) is 10.00 Å². The van der Waals surface area contributed by atoms with Crippen molar-refractivity contribution in [3.05, 3.63) is 24.3 Å². The maximum atomic E-state index is 8.87. The first-order valence-corrected chi connectivity index (χ1v) is 9.15.